The summed E-state index contributed by atoms with van der Waals surface area (Å²) in [4.78, 5) is 4.87. The van der Waals surface area contributed by atoms with E-state index in [0.29, 0.717) is 5.88 Å². The van der Waals surface area contributed by atoms with Gasteiger partial charge in [0.1, 0.15) is 6.10 Å². The Hall–Kier alpha value is -0.240. The lowest BCUT2D eigenvalue weighted by Crippen LogP contribution is -2.07. The molecule has 1 rings (SSSR count). The molecular weight excluding hydrogens is 126 g/mol. The summed E-state index contributed by atoms with van der Waals surface area (Å²) < 4.78 is 0. The van der Waals surface area contributed by atoms with Crippen molar-refractivity contribution in [3.05, 3.63) is 0 Å². The van der Waals surface area contributed by atoms with Crippen LogP contribution in [-0.2, 0) is 4.84 Å². The van der Waals surface area contributed by atoms with Crippen LogP contribution in [0.15, 0.2) is 5.16 Å². The lowest BCUT2D eigenvalue weighted by atomic mass is 10.2. The van der Waals surface area contributed by atoms with Gasteiger partial charge >= 0.3 is 0 Å². The molecule has 0 saturated carbocycles. The van der Waals surface area contributed by atoms with E-state index in [-0.39, 0.29) is 6.10 Å². The molecule has 0 spiro atoms. The molecule has 0 unspecified atom stereocenters. The van der Waals surface area contributed by atoms with E-state index in [4.69, 9.17) is 16.4 Å². The quantitative estimate of drug-likeness (QED) is 0.496. The molecule has 1 atom stereocenters. The number of halogens is 1. The van der Waals surface area contributed by atoms with Gasteiger partial charge in [-0.2, -0.15) is 0 Å². The van der Waals surface area contributed by atoms with Gasteiger partial charge in [0.15, 0.2) is 0 Å². The third kappa shape index (κ3) is 1.13. The molecule has 1 aliphatic rings. The maximum atomic E-state index is 5.47. The molecule has 0 radical (unpaired) electrons. The first-order valence-corrected chi connectivity index (χ1v) is 3.11. The van der Waals surface area contributed by atoms with Gasteiger partial charge < -0.3 is 4.84 Å². The largest absolute Gasteiger partial charge is 0.391 e. The molecule has 0 amide bonds. The van der Waals surface area contributed by atoms with Crippen molar-refractivity contribution in [3.63, 3.8) is 0 Å². The first-order valence-electron chi connectivity index (χ1n) is 2.58. The van der Waals surface area contributed by atoms with E-state index in [1.807, 2.05) is 6.92 Å². The van der Waals surface area contributed by atoms with E-state index in [1.165, 1.54) is 0 Å². The zero-order valence-corrected chi connectivity index (χ0v) is 5.48. The number of rotatable bonds is 1. The lowest BCUT2D eigenvalue weighted by Gasteiger charge is -1.98. The number of nitrogens with zero attached hydrogens (tertiary/aromatic N) is 1. The minimum atomic E-state index is 0.136. The Balaban J connectivity index is 2.32. The molecule has 0 fully saturated rings. The smallest absolute Gasteiger partial charge is 0.146 e. The summed E-state index contributed by atoms with van der Waals surface area (Å²) in [7, 11) is 0. The highest BCUT2D eigenvalue weighted by molar-refractivity contribution is 6.18. The number of alkyl halides is 1. The van der Waals surface area contributed by atoms with E-state index >= 15 is 0 Å². The van der Waals surface area contributed by atoms with Crippen LogP contribution in [0.1, 0.15) is 13.3 Å². The molecule has 8 heavy (non-hydrogen) atoms. The van der Waals surface area contributed by atoms with Crippen LogP contribution in [0.2, 0.25) is 0 Å². The van der Waals surface area contributed by atoms with E-state index in [2.05, 4.69) is 5.16 Å². The second kappa shape index (κ2) is 2.35. The van der Waals surface area contributed by atoms with Crippen LogP contribution in [0.4, 0.5) is 0 Å². The fourth-order valence-electron chi connectivity index (χ4n) is 0.651. The summed E-state index contributed by atoms with van der Waals surface area (Å²) in [6, 6.07) is 0. The molecule has 0 aliphatic carbocycles. The van der Waals surface area contributed by atoms with Gasteiger partial charge in [-0.3, -0.25) is 0 Å². The van der Waals surface area contributed by atoms with E-state index < -0.39 is 0 Å². The molecule has 46 valence electrons. The van der Waals surface area contributed by atoms with Gasteiger partial charge in [-0.1, -0.05) is 5.16 Å². The number of hydrogen-bond donors (Lipinski definition) is 0. The average molecular weight is 134 g/mol. The van der Waals surface area contributed by atoms with Crippen molar-refractivity contribution in [3.8, 4) is 0 Å². The van der Waals surface area contributed by atoms with Crippen molar-refractivity contribution >= 4 is 17.3 Å². The van der Waals surface area contributed by atoms with Crippen molar-refractivity contribution in [1.82, 2.24) is 0 Å². The van der Waals surface area contributed by atoms with Crippen LogP contribution in [0.5, 0.6) is 0 Å². The molecule has 2 nitrogen and oxygen atoms in total. The standard InChI is InChI=1S/C5H8ClNO/c1-4-2-5(3-6)8-7-4/h5H,2-3H2,1H3/t5-/m1/s1. The molecule has 3 heteroatoms. The fraction of sp³-hybridized carbons (Fsp3) is 0.800. The zero-order chi connectivity index (χ0) is 5.98. The molecule has 0 saturated heterocycles. The highest BCUT2D eigenvalue weighted by Gasteiger charge is 2.15. The highest BCUT2D eigenvalue weighted by atomic mass is 35.5. The van der Waals surface area contributed by atoms with Gasteiger partial charge in [0.25, 0.3) is 0 Å². The molecule has 0 bridgehead atoms. The van der Waals surface area contributed by atoms with Crippen molar-refractivity contribution in [1.29, 1.82) is 0 Å². The van der Waals surface area contributed by atoms with Crippen molar-refractivity contribution < 1.29 is 4.84 Å². The predicted molar refractivity (Wildman–Crippen MR) is 33.3 cm³/mol. The van der Waals surface area contributed by atoms with Crippen molar-refractivity contribution in [2.24, 2.45) is 5.16 Å². The summed E-state index contributed by atoms with van der Waals surface area (Å²) in [6.07, 6.45) is 1.03. The third-order valence-corrected chi connectivity index (χ3v) is 1.40. The Labute approximate surface area is 53.5 Å². The van der Waals surface area contributed by atoms with Crippen LogP contribution in [0.3, 0.4) is 0 Å². The van der Waals surface area contributed by atoms with Crippen LogP contribution in [0.25, 0.3) is 0 Å². The summed E-state index contributed by atoms with van der Waals surface area (Å²) in [5.41, 5.74) is 1.04. The Bertz CT molecular complexity index is 113. The van der Waals surface area contributed by atoms with Gasteiger partial charge in [-0.05, 0) is 6.92 Å². The average Bonchev–Trinajstić information content (AvgIpc) is 2.14. The predicted octanol–water partition coefficient (Wildman–Crippen LogP) is 1.39. The number of hydrogen-bond acceptors (Lipinski definition) is 2. The van der Waals surface area contributed by atoms with Crippen LogP contribution >= 0.6 is 11.6 Å². The van der Waals surface area contributed by atoms with Crippen molar-refractivity contribution in [2.75, 3.05) is 5.88 Å². The van der Waals surface area contributed by atoms with Gasteiger partial charge in [-0.25, -0.2) is 0 Å². The van der Waals surface area contributed by atoms with Crippen LogP contribution in [-0.4, -0.2) is 17.7 Å². The summed E-state index contributed by atoms with van der Waals surface area (Å²) >= 11 is 5.47. The Kier molecular flexibility index (Phi) is 1.73. The minimum absolute atomic E-state index is 0.136. The van der Waals surface area contributed by atoms with Gasteiger partial charge in [0.05, 0.1) is 11.6 Å². The highest BCUT2D eigenvalue weighted by Crippen LogP contribution is 2.10. The first kappa shape index (κ1) is 5.89. The Morgan fingerprint density at radius 1 is 2.00 bits per heavy atom. The summed E-state index contributed by atoms with van der Waals surface area (Å²) in [6.45, 7) is 1.94. The Morgan fingerprint density at radius 3 is 3.00 bits per heavy atom. The number of oxime groups is 1. The molecule has 1 aliphatic heterocycles. The Morgan fingerprint density at radius 2 is 2.75 bits per heavy atom. The SMILES string of the molecule is CC1=NO[C@@H](CCl)C1. The van der Waals surface area contributed by atoms with E-state index in [9.17, 15) is 0 Å². The van der Waals surface area contributed by atoms with Crippen LogP contribution in [0, 0.1) is 0 Å². The molecule has 1 heterocycles. The second-order valence-corrected chi connectivity index (χ2v) is 2.22. The summed E-state index contributed by atoms with van der Waals surface area (Å²) in [5.74, 6) is 0.543. The molecule has 0 aromatic carbocycles. The second-order valence-electron chi connectivity index (χ2n) is 1.91. The normalized spacial score (nSPS) is 27.2. The molecular formula is C5H8ClNO. The van der Waals surface area contributed by atoms with Gasteiger partial charge in [-0.15, -0.1) is 11.6 Å². The minimum Gasteiger partial charge on any atom is -0.391 e. The maximum absolute atomic E-state index is 5.47. The van der Waals surface area contributed by atoms with Crippen LogP contribution < -0.4 is 0 Å². The lowest BCUT2D eigenvalue weighted by molar-refractivity contribution is 0.102. The van der Waals surface area contributed by atoms with Crippen molar-refractivity contribution in [2.45, 2.75) is 19.4 Å². The first-order chi connectivity index (χ1) is 3.83. The van der Waals surface area contributed by atoms with Gasteiger partial charge in [0, 0.05) is 6.42 Å². The molecule has 0 N–H and O–H groups in total. The van der Waals surface area contributed by atoms with E-state index in [1.54, 1.807) is 0 Å². The van der Waals surface area contributed by atoms with Gasteiger partial charge in [0.2, 0.25) is 0 Å². The molecule has 0 aromatic heterocycles. The third-order valence-electron chi connectivity index (χ3n) is 1.05. The fourth-order valence-corrected chi connectivity index (χ4v) is 0.817. The topological polar surface area (TPSA) is 21.6 Å². The monoisotopic (exact) mass is 133 g/mol. The summed E-state index contributed by atoms with van der Waals surface area (Å²) in [5, 5.41) is 3.72. The molecule has 0 aromatic rings. The zero-order valence-electron chi connectivity index (χ0n) is 4.72. The van der Waals surface area contributed by atoms with E-state index in [0.717, 1.165) is 12.1 Å². The maximum Gasteiger partial charge on any atom is 0.146 e.